The standard InChI is InChI=1S/C10H7NO4/c12-9-6-3-5-4-14-2-1-7(5)11-8(6)10(13)15-9/h3H,1-2,4H2. The molecule has 0 amide bonds. The fourth-order valence-corrected chi connectivity index (χ4v) is 1.78. The van der Waals surface area contributed by atoms with Crippen LogP contribution >= 0.6 is 0 Å². The minimum atomic E-state index is -0.649. The van der Waals surface area contributed by atoms with Crippen molar-refractivity contribution in [2.75, 3.05) is 6.61 Å². The lowest BCUT2D eigenvalue weighted by molar-refractivity contribution is 0.0441. The topological polar surface area (TPSA) is 65.5 Å². The molecule has 0 fully saturated rings. The zero-order chi connectivity index (χ0) is 10.4. The molecule has 3 heterocycles. The lowest BCUT2D eigenvalue weighted by atomic mass is 10.1. The SMILES string of the molecule is O=C1OC(=O)c2nc3c(cc21)COCC3. The summed E-state index contributed by atoms with van der Waals surface area (Å²) < 4.78 is 9.71. The molecule has 76 valence electrons. The third-order valence-electron chi connectivity index (χ3n) is 2.53. The number of cyclic esters (lactones) is 2. The van der Waals surface area contributed by atoms with E-state index in [1.54, 1.807) is 6.07 Å². The van der Waals surface area contributed by atoms with E-state index in [1.165, 1.54) is 0 Å². The predicted molar refractivity (Wildman–Crippen MR) is 47.3 cm³/mol. The van der Waals surface area contributed by atoms with Gasteiger partial charge in [-0.15, -0.1) is 0 Å². The van der Waals surface area contributed by atoms with E-state index in [2.05, 4.69) is 9.72 Å². The van der Waals surface area contributed by atoms with Crippen molar-refractivity contribution in [3.63, 3.8) is 0 Å². The number of rotatable bonds is 0. The molecule has 1 aromatic rings. The maximum Gasteiger partial charge on any atom is 0.365 e. The second-order valence-corrected chi connectivity index (χ2v) is 3.47. The highest BCUT2D eigenvalue weighted by atomic mass is 16.6. The van der Waals surface area contributed by atoms with E-state index in [0.29, 0.717) is 19.6 Å². The van der Waals surface area contributed by atoms with Gasteiger partial charge in [-0.25, -0.2) is 14.6 Å². The molecule has 0 unspecified atom stereocenters. The van der Waals surface area contributed by atoms with Crippen molar-refractivity contribution in [2.45, 2.75) is 13.0 Å². The number of carbonyl (C=O) groups excluding carboxylic acids is 2. The number of pyridine rings is 1. The van der Waals surface area contributed by atoms with Crippen molar-refractivity contribution >= 4 is 11.9 Å². The van der Waals surface area contributed by atoms with Crippen molar-refractivity contribution in [3.05, 3.63) is 28.6 Å². The Balaban J connectivity index is 2.20. The van der Waals surface area contributed by atoms with Crippen molar-refractivity contribution in [2.24, 2.45) is 0 Å². The lowest BCUT2D eigenvalue weighted by Crippen LogP contribution is -2.14. The Bertz CT molecular complexity index is 438. The molecule has 2 aliphatic rings. The van der Waals surface area contributed by atoms with Gasteiger partial charge in [0.1, 0.15) is 0 Å². The fraction of sp³-hybridized carbons (Fsp3) is 0.300. The van der Waals surface area contributed by atoms with Crippen molar-refractivity contribution in [3.8, 4) is 0 Å². The molecule has 0 bridgehead atoms. The fourth-order valence-electron chi connectivity index (χ4n) is 1.78. The van der Waals surface area contributed by atoms with Crippen LogP contribution in [0.2, 0.25) is 0 Å². The third-order valence-corrected chi connectivity index (χ3v) is 2.53. The Kier molecular flexibility index (Phi) is 1.63. The van der Waals surface area contributed by atoms with E-state index >= 15 is 0 Å². The maximum absolute atomic E-state index is 11.2. The Hall–Kier alpha value is -1.75. The van der Waals surface area contributed by atoms with Gasteiger partial charge in [-0.2, -0.15) is 0 Å². The van der Waals surface area contributed by atoms with Crippen LogP contribution in [-0.2, 0) is 22.5 Å². The highest BCUT2D eigenvalue weighted by molar-refractivity contribution is 6.13. The molecule has 0 aliphatic carbocycles. The summed E-state index contributed by atoms with van der Waals surface area (Å²) in [6, 6.07) is 1.64. The first-order valence-electron chi connectivity index (χ1n) is 4.63. The van der Waals surface area contributed by atoms with Gasteiger partial charge in [-0.05, 0) is 6.07 Å². The second kappa shape index (κ2) is 2.87. The Morgan fingerprint density at radius 1 is 1.27 bits per heavy atom. The lowest BCUT2D eigenvalue weighted by Gasteiger charge is -2.15. The maximum atomic E-state index is 11.2. The van der Waals surface area contributed by atoms with E-state index in [9.17, 15) is 9.59 Å². The smallest absolute Gasteiger partial charge is 0.365 e. The van der Waals surface area contributed by atoms with Crippen LogP contribution in [0.1, 0.15) is 32.1 Å². The Morgan fingerprint density at radius 2 is 2.13 bits per heavy atom. The molecule has 15 heavy (non-hydrogen) atoms. The van der Waals surface area contributed by atoms with Gasteiger partial charge in [0.15, 0.2) is 5.69 Å². The summed E-state index contributed by atoms with van der Waals surface area (Å²) >= 11 is 0. The highest BCUT2D eigenvalue weighted by Gasteiger charge is 2.33. The number of hydrogen-bond acceptors (Lipinski definition) is 5. The van der Waals surface area contributed by atoms with Crippen LogP contribution in [-0.4, -0.2) is 23.5 Å². The van der Waals surface area contributed by atoms with Crippen LogP contribution in [0.25, 0.3) is 0 Å². The number of esters is 2. The van der Waals surface area contributed by atoms with Gasteiger partial charge in [-0.3, -0.25) is 0 Å². The molecule has 1 aromatic heterocycles. The van der Waals surface area contributed by atoms with E-state index in [0.717, 1.165) is 11.3 Å². The first-order chi connectivity index (χ1) is 7.25. The molecule has 0 radical (unpaired) electrons. The zero-order valence-electron chi connectivity index (χ0n) is 7.78. The Labute approximate surface area is 85.0 Å². The highest BCUT2D eigenvalue weighted by Crippen LogP contribution is 2.23. The number of hydrogen-bond donors (Lipinski definition) is 0. The second-order valence-electron chi connectivity index (χ2n) is 3.47. The summed E-state index contributed by atoms with van der Waals surface area (Å²) in [4.78, 5) is 26.6. The normalized spacial score (nSPS) is 18.4. The molecule has 5 heteroatoms. The van der Waals surface area contributed by atoms with Gasteiger partial charge >= 0.3 is 11.9 Å². The molecule has 5 nitrogen and oxygen atoms in total. The van der Waals surface area contributed by atoms with Crippen molar-refractivity contribution in [1.29, 1.82) is 0 Å². The van der Waals surface area contributed by atoms with Crippen LogP contribution in [0.5, 0.6) is 0 Å². The summed E-state index contributed by atoms with van der Waals surface area (Å²) in [5.41, 5.74) is 2.09. The molecule has 0 spiro atoms. The van der Waals surface area contributed by atoms with Crippen LogP contribution in [0, 0.1) is 0 Å². The van der Waals surface area contributed by atoms with Crippen molar-refractivity contribution < 1.29 is 19.1 Å². The van der Waals surface area contributed by atoms with Gasteiger partial charge in [0, 0.05) is 17.7 Å². The Morgan fingerprint density at radius 3 is 3.00 bits per heavy atom. The molecular formula is C10H7NO4. The summed E-state index contributed by atoms with van der Waals surface area (Å²) in [6.07, 6.45) is 0.671. The quantitative estimate of drug-likeness (QED) is 0.455. The average molecular weight is 205 g/mol. The molecule has 0 N–H and O–H groups in total. The van der Waals surface area contributed by atoms with E-state index < -0.39 is 11.9 Å². The predicted octanol–water partition coefficient (Wildman–Crippen LogP) is 0.465. The number of carbonyl (C=O) groups is 2. The number of nitrogens with zero attached hydrogens (tertiary/aromatic N) is 1. The molecule has 3 rings (SSSR count). The van der Waals surface area contributed by atoms with E-state index in [-0.39, 0.29) is 11.3 Å². The molecule has 0 saturated carbocycles. The van der Waals surface area contributed by atoms with Gasteiger partial charge in [0.05, 0.1) is 18.8 Å². The number of fused-ring (bicyclic) bond motifs is 2. The third kappa shape index (κ3) is 1.16. The van der Waals surface area contributed by atoms with Gasteiger partial charge in [0.2, 0.25) is 0 Å². The first kappa shape index (κ1) is 8.55. The minimum absolute atomic E-state index is 0.139. The van der Waals surface area contributed by atoms with Gasteiger partial charge in [-0.1, -0.05) is 0 Å². The molecule has 0 aromatic carbocycles. The summed E-state index contributed by atoms with van der Waals surface area (Å²) in [6.45, 7) is 1.04. The summed E-state index contributed by atoms with van der Waals surface area (Å²) in [5, 5.41) is 0. The molecule has 2 aliphatic heterocycles. The van der Waals surface area contributed by atoms with Gasteiger partial charge in [0.25, 0.3) is 0 Å². The van der Waals surface area contributed by atoms with Crippen LogP contribution in [0.4, 0.5) is 0 Å². The number of ether oxygens (including phenoxy) is 2. The van der Waals surface area contributed by atoms with E-state index in [1.807, 2.05) is 0 Å². The van der Waals surface area contributed by atoms with Crippen LogP contribution in [0.3, 0.4) is 0 Å². The van der Waals surface area contributed by atoms with Crippen LogP contribution < -0.4 is 0 Å². The summed E-state index contributed by atoms with van der Waals surface area (Å²) in [7, 11) is 0. The molecule has 0 saturated heterocycles. The van der Waals surface area contributed by atoms with Gasteiger partial charge < -0.3 is 9.47 Å². The number of aromatic nitrogens is 1. The average Bonchev–Trinajstić information content (AvgIpc) is 2.52. The first-order valence-corrected chi connectivity index (χ1v) is 4.63. The summed E-state index contributed by atoms with van der Waals surface area (Å²) in [5.74, 6) is -1.26. The molecule has 0 atom stereocenters. The monoisotopic (exact) mass is 205 g/mol. The van der Waals surface area contributed by atoms with Crippen LogP contribution in [0.15, 0.2) is 6.07 Å². The van der Waals surface area contributed by atoms with E-state index in [4.69, 9.17) is 4.74 Å². The molecular weight excluding hydrogens is 198 g/mol. The zero-order valence-corrected chi connectivity index (χ0v) is 7.78. The van der Waals surface area contributed by atoms with Crippen molar-refractivity contribution in [1.82, 2.24) is 4.98 Å². The largest absolute Gasteiger partial charge is 0.384 e. The minimum Gasteiger partial charge on any atom is -0.384 e.